The predicted octanol–water partition coefficient (Wildman–Crippen LogP) is 4.52. The number of hydrogen-bond donors (Lipinski definition) is 0. The molecule has 4 nitrogen and oxygen atoms in total. The summed E-state index contributed by atoms with van der Waals surface area (Å²) in [5.41, 5.74) is 2.27. The number of carbonyl (C=O) groups excluding carboxylic acids is 1. The number of nitrogens with zero attached hydrogens (tertiary/aromatic N) is 3. The van der Waals surface area contributed by atoms with E-state index in [0.29, 0.717) is 12.5 Å². The fraction of sp³-hybridized carbons (Fsp3) is 0.391. The second-order valence-corrected chi connectivity index (χ2v) is 8.75. The number of carbonyl (C=O) groups is 1. The van der Waals surface area contributed by atoms with Crippen LogP contribution in [0.3, 0.4) is 0 Å². The Hall–Kier alpha value is -2.24. The van der Waals surface area contributed by atoms with Crippen LogP contribution in [0.15, 0.2) is 54.6 Å². The molecule has 1 atom stereocenters. The van der Waals surface area contributed by atoms with Gasteiger partial charge in [-0.2, -0.15) is 0 Å². The van der Waals surface area contributed by atoms with E-state index in [1.165, 1.54) is 15.3 Å². The number of hydrogen-bond acceptors (Lipinski definition) is 4. The number of amides is 1. The van der Waals surface area contributed by atoms with Gasteiger partial charge in [0.2, 0.25) is 5.91 Å². The minimum Gasteiger partial charge on any atom is -0.340 e. The Labute approximate surface area is 170 Å². The van der Waals surface area contributed by atoms with Crippen LogP contribution in [0.4, 0.5) is 0 Å². The van der Waals surface area contributed by atoms with Gasteiger partial charge in [0.05, 0.1) is 21.3 Å². The fourth-order valence-corrected chi connectivity index (χ4v) is 5.15. The quantitative estimate of drug-likeness (QED) is 0.639. The van der Waals surface area contributed by atoms with E-state index in [1.54, 1.807) is 0 Å². The Kier molecular flexibility index (Phi) is 5.74. The van der Waals surface area contributed by atoms with E-state index in [9.17, 15) is 4.79 Å². The van der Waals surface area contributed by atoms with Crippen LogP contribution in [-0.2, 0) is 11.3 Å². The molecule has 1 aliphatic rings. The summed E-state index contributed by atoms with van der Waals surface area (Å²) in [4.78, 5) is 21.9. The van der Waals surface area contributed by atoms with Gasteiger partial charge in [-0.15, -0.1) is 11.3 Å². The third-order valence-electron chi connectivity index (χ3n) is 5.73. The molecule has 28 heavy (non-hydrogen) atoms. The first-order chi connectivity index (χ1) is 13.6. The number of fused-ring (bicyclic) bond motifs is 1. The smallest absolute Gasteiger partial charge is 0.239 e. The number of likely N-dealkylation sites (tertiary alicyclic amines) is 1. The van der Waals surface area contributed by atoms with Crippen LogP contribution in [0, 0.1) is 0 Å². The molecule has 146 valence electrons. The van der Waals surface area contributed by atoms with E-state index in [1.807, 2.05) is 54.5 Å². The summed E-state index contributed by atoms with van der Waals surface area (Å²) in [5, 5.41) is 1.25. The Morgan fingerprint density at radius 3 is 2.54 bits per heavy atom. The molecule has 0 radical (unpaired) electrons. The molecule has 2 aromatic carbocycles. The van der Waals surface area contributed by atoms with Crippen LogP contribution in [-0.4, -0.2) is 46.9 Å². The van der Waals surface area contributed by atoms with Crippen LogP contribution in [0.25, 0.3) is 10.2 Å². The standard InChI is InChI=1S/C23H27N3OS/c1-17(23(27)25(2)16-18-8-4-3-5-9-18)26-14-12-19(13-15-26)22-24-20-10-6-7-11-21(20)28-22/h3-11,17,19H,12-16H2,1-2H3/t17-/m1/s1. The Bertz CT molecular complexity index is 898. The van der Waals surface area contributed by atoms with E-state index in [2.05, 4.69) is 35.2 Å². The van der Waals surface area contributed by atoms with E-state index in [-0.39, 0.29) is 11.9 Å². The zero-order valence-electron chi connectivity index (χ0n) is 16.5. The first kappa shape index (κ1) is 19.1. The molecule has 0 bridgehead atoms. The summed E-state index contributed by atoms with van der Waals surface area (Å²) in [6.07, 6.45) is 2.14. The Morgan fingerprint density at radius 2 is 1.82 bits per heavy atom. The molecule has 4 rings (SSSR count). The molecule has 1 amide bonds. The lowest BCUT2D eigenvalue weighted by atomic mass is 9.96. The molecular weight excluding hydrogens is 366 g/mol. The average molecular weight is 394 g/mol. The Morgan fingerprint density at radius 1 is 1.14 bits per heavy atom. The third-order valence-corrected chi connectivity index (χ3v) is 6.93. The lowest BCUT2D eigenvalue weighted by molar-refractivity contribution is -0.136. The van der Waals surface area contributed by atoms with Gasteiger partial charge >= 0.3 is 0 Å². The van der Waals surface area contributed by atoms with Crippen molar-refractivity contribution in [2.75, 3.05) is 20.1 Å². The maximum Gasteiger partial charge on any atom is 0.239 e. The van der Waals surface area contributed by atoms with Gasteiger partial charge in [0.15, 0.2) is 0 Å². The normalized spacial score (nSPS) is 16.9. The number of piperidine rings is 1. The summed E-state index contributed by atoms with van der Waals surface area (Å²) >= 11 is 1.82. The minimum atomic E-state index is -0.0787. The van der Waals surface area contributed by atoms with E-state index < -0.39 is 0 Å². The van der Waals surface area contributed by atoms with Gasteiger partial charge in [0.25, 0.3) is 0 Å². The predicted molar refractivity (Wildman–Crippen MR) is 116 cm³/mol. The highest BCUT2D eigenvalue weighted by atomic mass is 32.1. The molecule has 3 aromatic rings. The number of rotatable bonds is 5. The molecule has 0 aliphatic carbocycles. The summed E-state index contributed by atoms with van der Waals surface area (Å²) in [5.74, 6) is 0.709. The second kappa shape index (κ2) is 8.41. The summed E-state index contributed by atoms with van der Waals surface area (Å²) in [7, 11) is 1.90. The van der Waals surface area contributed by atoms with Gasteiger partial charge in [-0.25, -0.2) is 4.98 Å². The zero-order chi connectivity index (χ0) is 19.5. The second-order valence-electron chi connectivity index (χ2n) is 7.69. The number of para-hydroxylation sites is 1. The monoisotopic (exact) mass is 393 g/mol. The van der Waals surface area contributed by atoms with Gasteiger partial charge < -0.3 is 4.90 Å². The van der Waals surface area contributed by atoms with Crippen molar-refractivity contribution >= 4 is 27.5 Å². The van der Waals surface area contributed by atoms with Crippen LogP contribution in [0.5, 0.6) is 0 Å². The average Bonchev–Trinajstić information content (AvgIpc) is 3.18. The number of thiazole rings is 1. The van der Waals surface area contributed by atoms with Gasteiger partial charge in [-0.3, -0.25) is 9.69 Å². The van der Waals surface area contributed by atoms with Crippen molar-refractivity contribution in [3.05, 3.63) is 65.2 Å². The van der Waals surface area contributed by atoms with Gasteiger partial charge in [-0.05, 0) is 50.6 Å². The SMILES string of the molecule is C[C@H](C(=O)N(C)Cc1ccccc1)N1CCC(c2nc3ccccc3s2)CC1. The molecule has 5 heteroatoms. The molecule has 1 saturated heterocycles. The van der Waals surface area contributed by atoms with E-state index in [0.717, 1.165) is 31.4 Å². The number of likely N-dealkylation sites (N-methyl/N-ethyl adjacent to an activating group) is 1. The first-order valence-electron chi connectivity index (χ1n) is 10.0. The van der Waals surface area contributed by atoms with Gasteiger partial charge in [0, 0.05) is 19.5 Å². The van der Waals surface area contributed by atoms with Crippen molar-refractivity contribution in [3.63, 3.8) is 0 Å². The van der Waals surface area contributed by atoms with Gasteiger partial charge in [-0.1, -0.05) is 42.5 Å². The highest BCUT2D eigenvalue weighted by Crippen LogP contribution is 2.34. The number of aromatic nitrogens is 1. The molecule has 0 unspecified atom stereocenters. The highest BCUT2D eigenvalue weighted by Gasteiger charge is 2.30. The summed E-state index contributed by atoms with van der Waals surface area (Å²) in [6, 6.07) is 18.5. The Balaban J connectivity index is 1.34. The van der Waals surface area contributed by atoms with Crippen molar-refractivity contribution in [1.29, 1.82) is 0 Å². The van der Waals surface area contributed by atoms with Crippen LogP contribution >= 0.6 is 11.3 Å². The van der Waals surface area contributed by atoms with Crippen molar-refractivity contribution in [2.24, 2.45) is 0 Å². The van der Waals surface area contributed by atoms with Gasteiger partial charge in [0.1, 0.15) is 0 Å². The fourth-order valence-electron chi connectivity index (χ4n) is 4.01. The van der Waals surface area contributed by atoms with Crippen molar-refractivity contribution in [1.82, 2.24) is 14.8 Å². The molecule has 1 fully saturated rings. The van der Waals surface area contributed by atoms with Crippen LogP contribution in [0.1, 0.15) is 36.3 Å². The molecule has 2 heterocycles. The third kappa shape index (κ3) is 4.10. The lowest BCUT2D eigenvalue weighted by Crippen LogP contribution is -2.48. The maximum absolute atomic E-state index is 12.9. The molecule has 1 aromatic heterocycles. The first-order valence-corrected chi connectivity index (χ1v) is 10.8. The molecule has 0 spiro atoms. The van der Waals surface area contributed by atoms with Crippen molar-refractivity contribution in [3.8, 4) is 0 Å². The van der Waals surface area contributed by atoms with Crippen LogP contribution < -0.4 is 0 Å². The van der Waals surface area contributed by atoms with E-state index >= 15 is 0 Å². The molecule has 0 N–H and O–H groups in total. The maximum atomic E-state index is 12.9. The lowest BCUT2D eigenvalue weighted by Gasteiger charge is -2.36. The number of benzene rings is 2. The topological polar surface area (TPSA) is 36.4 Å². The van der Waals surface area contributed by atoms with Crippen molar-refractivity contribution in [2.45, 2.75) is 38.3 Å². The summed E-state index contributed by atoms with van der Waals surface area (Å²) in [6.45, 7) is 4.60. The highest BCUT2D eigenvalue weighted by molar-refractivity contribution is 7.18. The van der Waals surface area contributed by atoms with Crippen molar-refractivity contribution < 1.29 is 4.79 Å². The van der Waals surface area contributed by atoms with Crippen LogP contribution in [0.2, 0.25) is 0 Å². The molecule has 1 aliphatic heterocycles. The van der Waals surface area contributed by atoms with E-state index in [4.69, 9.17) is 4.98 Å². The molecular formula is C23H27N3OS. The largest absolute Gasteiger partial charge is 0.340 e. The zero-order valence-corrected chi connectivity index (χ0v) is 17.4. The summed E-state index contributed by atoms with van der Waals surface area (Å²) < 4.78 is 1.27. The molecule has 0 saturated carbocycles. The minimum absolute atomic E-state index is 0.0787.